The third kappa shape index (κ3) is 4.22. The first-order valence-electron chi connectivity index (χ1n) is 8.22. The molecule has 1 aliphatic heterocycles. The third-order valence-corrected chi connectivity index (χ3v) is 3.98. The van der Waals surface area contributed by atoms with E-state index in [1.54, 1.807) is 18.5 Å². The number of rotatable bonds is 5. The molecule has 3 rings (SSSR count). The molecular formula is C17H24N6. The van der Waals surface area contributed by atoms with Crippen LogP contribution in [0.1, 0.15) is 37.7 Å². The minimum absolute atomic E-state index is 0.479. The Morgan fingerprint density at radius 1 is 1.26 bits per heavy atom. The van der Waals surface area contributed by atoms with Crippen LogP contribution in [0, 0.1) is 12.8 Å². The number of anilines is 2. The van der Waals surface area contributed by atoms with E-state index in [9.17, 15) is 0 Å². The van der Waals surface area contributed by atoms with Crippen molar-refractivity contribution in [2.24, 2.45) is 5.92 Å². The van der Waals surface area contributed by atoms with Crippen molar-refractivity contribution in [3.8, 4) is 0 Å². The maximum Gasteiger partial charge on any atom is 0.228 e. The molecule has 0 radical (unpaired) electrons. The Bertz CT molecular complexity index is 643. The Hall–Kier alpha value is -2.08. The summed E-state index contributed by atoms with van der Waals surface area (Å²) in [4.78, 5) is 20.0. The molecule has 1 unspecified atom stereocenters. The predicted octanol–water partition coefficient (Wildman–Crippen LogP) is 2.76. The van der Waals surface area contributed by atoms with E-state index >= 15 is 0 Å². The summed E-state index contributed by atoms with van der Waals surface area (Å²) in [5.74, 6) is 3.29. The van der Waals surface area contributed by atoms with Crippen molar-refractivity contribution in [2.45, 2.75) is 33.1 Å². The molecule has 3 heterocycles. The molecule has 2 aromatic rings. The predicted molar refractivity (Wildman–Crippen MR) is 90.7 cm³/mol. The number of nitrogens with zero attached hydrogens (tertiary/aromatic N) is 5. The zero-order valence-electron chi connectivity index (χ0n) is 14.0. The van der Waals surface area contributed by atoms with Crippen LogP contribution in [0.25, 0.3) is 0 Å². The maximum absolute atomic E-state index is 4.65. The molecule has 1 fully saturated rings. The lowest BCUT2D eigenvalue weighted by molar-refractivity contribution is 0.294. The fourth-order valence-electron chi connectivity index (χ4n) is 3.10. The fourth-order valence-corrected chi connectivity index (χ4v) is 3.10. The van der Waals surface area contributed by atoms with Crippen LogP contribution < -0.4 is 5.32 Å². The van der Waals surface area contributed by atoms with Crippen LogP contribution >= 0.6 is 0 Å². The minimum atomic E-state index is 0.479. The molecule has 1 N–H and O–H groups in total. The SMILES string of the molecule is Cc1nc(Nc2ncccn2)cc(C2CCN(CC(C)C)C2)n1. The molecule has 2 aromatic heterocycles. The number of likely N-dealkylation sites (tertiary alicyclic amines) is 1. The van der Waals surface area contributed by atoms with Gasteiger partial charge in [-0.3, -0.25) is 0 Å². The summed E-state index contributed by atoms with van der Waals surface area (Å²) >= 11 is 0. The van der Waals surface area contributed by atoms with Crippen molar-refractivity contribution in [1.29, 1.82) is 0 Å². The lowest BCUT2D eigenvalue weighted by atomic mass is 10.0. The lowest BCUT2D eigenvalue weighted by Crippen LogP contribution is -2.25. The van der Waals surface area contributed by atoms with Crippen LogP contribution in [0.4, 0.5) is 11.8 Å². The molecule has 6 heteroatoms. The highest BCUT2D eigenvalue weighted by Gasteiger charge is 2.25. The van der Waals surface area contributed by atoms with Gasteiger partial charge in [0.05, 0.1) is 5.69 Å². The summed E-state index contributed by atoms with van der Waals surface area (Å²) in [7, 11) is 0. The first kappa shape index (κ1) is 15.8. The van der Waals surface area contributed by atoms with Gasteiger partial charge in [-0.2, -0.15) is 0 Å². The number of aryl methyl sites for hydroxylation is 1. The second-order valence-corrected chi connectivity index (χ2v) is 6.56. The fraction of sp³-hybridized carbons (Fsp3) is 0.529. The Morgan fingerprint density at radius 2 is 2.04 bits per heavy atom. The summed E-state index contributed by atoms with van der Waals surface area (Å²) < 4.78 is 0. The van der Waals surface area contributed by atoms with Crippen molar-refractivity contribution in [1.82, 2.24) is 24.8 Å². The quantitative estimate of drug-likeness (QED) is 0.915. The highest BCUT2D eigenvalue weighted by Crippen LogP contribution is 2.28. The van der Waals surface area contributed by atoms with Gasteiger partial charge in [0, 0.05) is 37.5 Å². The van der Waals surface area contributed by atoms with Crippen molar-refractivity contribution >= 4 is 11.8 Å². The summed E-state index contributed by atoms with van der Waals surface area (Å²) in [6, 6.07) is 3.83. The first-order valence-corrected chi connectivity index (χ1v) is 8.22. The lowest BCUT2D eigenvalue weighted by Gasteiger charge is -2.18. The number of hydrogen-bond acceptors (Lipinski definition) is 6. The van der Waals surface area contributed by atoms with Crippen molar-refractivity contribution in [3.63, 3.8) is 0 Å². The molecule has 0 spiro atoms. The Kier molecular flexibility index (Phi) is 4.81. The molecule has 0 aromatic carbocycles. The van der Waals surface area contributed by atoms with Crippen LogP contribution in [0.15, 0.2) is 24.5 Å². The third-order valence-electron chi connectivity index (χ3n) is 3.98. The van der Waals surface area contributed by atoms with Gasteiger partial charge in [0.15, 0.2) is 0 Å². The summed E-state index contributed by atoms with van der Waals surface area (Å²) in [6.45, 7) is 9.85. The molecule has 0 bridgehead atoms. The average molecular weight is 312 g/mol. The molecule has 1 atom stereocenters. The number of aromatic nitrogens is 4. The largest absolute Gasteiger partial charge is 0.309 e. The second kappa shape index (κ2) is 7.00. The maximum atomic E-state index is 4.65. The molecule has 6 nitrogen and oxygen atoms in total. The molecule has 0 amide bonds. The van der Waals surface area contributed by atoms with Crippen LogP contribution in [-0.4, -0.2) is 44.5 Å². The summed E-state index contributed by atoms with van der Waals surface area (Å²) in [6.07, 6.45) is 4.58. The zero-order valence-corrected chi connectivity index (χ0v) is 14.0. The van der Waals surface area contributed by atoms with Gasteiger partial charge in [0.2, 0.25) is 5.95 Å². The molecule has 1 saturated heterocycles. The van der Waals surface area contributed by atoms with E-state index in [1.165, 1.54) is 0 Å². The van der Waals surface area contributed by atoms with Gasteiger partial charge in [-0.15, -0.1) is 0 Å². The van der Waals surface area contributed by atoms with Crippen molar-refractivity contribution in [2.75, 3.05) is 25.0 Å². The Labute approximate surface area is 137 Å². The van der Waals surface area contributed by atoms with E-state index in [0.29, 0.717) is 17.8 Å². The first-order chi connectivity index (χ1) is 11.1. The zero-order chi connectivity index (χ0) is 16.2. The Balaban J connectivity index is 1.73. The molecular weight excluding hydrogens is 288 g/mol. The van der Waals surface area contributed by atoms with E-state index in [0.717, 1.165) is 43.4 Å². The van der Waals surface area contributed by atoms with E-state index < -0.39 is 0 Å². The average Bonchev–Trinajstić information content (AvgIpc) is 2.95. The van der Waals surface area contributed by atoms with Crippen molar-refractivity contribution < 1.29 is 0 Å². The van der Waals surface area contributed by atoms with Gasteiger partial charge in [-0.25, -0.2) is 19.9 Å². The highest BCUT2D eigenvalue weighted by molar-refractivity contribution is 5.48. The number of hydrogen-bond donors (Lipinski definition) is 1. The van der Waals surface area contributed by atoms with Gasteiger partial charge in [0.25, 0.3) is 0 Å². The molecule has 1 aliphatic rings. The van der Waals surface area contributed by atoms with Gasteiger partial charge < -0.3 is 10.2 Å². The van der Waals surface area contributed by atoms with Gasteiger partial charge in [-0.1, -0.05) is 13.8 Å². The van der Waals surface area contributed by atoms with Gasteiger partial charge in [-0.05, 0) is 31.9 Å². The van der Waals surface area contributed by atoms with Crippen LogP contribution in [0.5, 0.6) is 0 Å². The van der Waals surface area contributed by atoms with Crippen LogP contribution in [0.2, 0.25) is 0 Å². The van der Waals surface area contributed by atoms with E-state index in [-0.39, 0.29) is 0 Å². The van der Waals surface area contributed by atoms with E-state index in [1.807, 2.05) is 13.0 Å². The molecule has 0 aliphatic carbocycles. The monoisotopic (exact) mass is 312 g/mol. The van der Waals surface area contributed by atoms with Crippen molar-refractivity contribution in [3.05, 3.63) is 36.0 Å². The standard InChI is InChI=1S/C17H24N6/c1-12(2)10-23-8-5-14(11-23)15-9-16(21-13(3)20-15)22-17-18-6-4-7-19-17/h4,6-7,9,12,14H,5,8,10-11H2,1-3H3,(H,18,19,20,21,22). The topological polar surface area (TPSA) is 66.8 Å². The number of nitrogens with one attached hydrogen (secondary N) is 1. The van der Waals surface area contributed by atoms with Gasteiger partial charge in [0.1, 0.15) is 11.6 Å². The minimum Gasteiger partial charge on any atom is -0.309 e. The second-order valence-electron chi connectivity index (χ2n) is 6.56. The molecule has 23 heavy (non-hydrogen) atoms. The highest BCUT2D eigenvalue weighted by atomic mass is 15.2. The normalized spacial score (nSPS) is 18.5. The smallest absolute Gasteiger partial charge is 0.228 e. The van der Waals surface area contributed by atoms with Crippen LogP contribution in [0.3, 0.4) is 0 Å². The Morgan fingerprint density at radius 3 is 2.78 bits per heavy atom. The van der Waals surface area contributed by atoms with E-state index in [4.69, 9.17) is 0 Å². The van der Waals surface area contributed by atoms with E-state index in [2.05, 4.69) is 44.0 Å². The van der Waals surface area contributed by atoms with Crippen LogP contribution in [-0.2, 0) is 0 Å². The molecule has 0 saturated carbocycles. The summed E-state index contributed by atoms with van der Waals surface area (Å²) in [5.41, 5.74) is 1.11. The molecule has 122 valence electrons. The van der Waals surface area contributed by atoms with Gasteiger partial charge >= 0.3 is 0 Å². The summed E-state index contributed by atoms with van der Waals surface area (Å²) in [5, 5.41) is 3.17.